The molecule has 134 valence electrons. The van der Waals surface area contributed by atoms with Crippen LogP contribution in [0.2, 0.25) is 0 Å². The van der Waals surface area contributed by atoms with Gasteiger partial charge in [-0.1, -0.05) is 83.9 Å². The van der Waals surface area contributed by atoms with Crippen molar-refractivity contribution < 1.29 is 0 Å². The van der Waals surface area contributed by atoms with Crippen LogP contribution in [0.4, 0.5) is 0 Å². The Morgan fingerprint density at radius 1 is 0.571 bits per heavy atom. The van der Waals surface area contributed by atoms with Crippen molar-refractivity contribution in [3.8, 4) is 12.1 Å². The third-order valence-electron chi connectivity index (χ3n) is 4.52. The average Bonchev–Trinajstić information content (AvgIpc) is 2.73. The van der Waals surface area contributed by atoms with Crippen molar-refractivity contribution >= 4 is 23.3 Å². The van der Waals surface area contributed by atoms with E-state index in [0.717, 1.165) is 22.3 Å². The van der Waals surface area contributed by atoms with Crippen LogP contribution in [-0.4, -0.2) is 0 Å². The highest BCUT2D eigenvalue weighted by Gasteiger charge is 2.03. The molecule has 3 aromatic carbocycles. The summed E-state index contributed by atoms with van der Waals surface area (Å²) in [6.07, 6.45) is 3.76. The lowest BCUT2D eigenvalue weighted by Crippen LogP contribution is -1.84. The van der Waals surface area contributed by atoms with Crippen LogP contribution in [0, 0.1) is 36.5 Å². The Hall–Kier alpha value is -3.88. The summed E-state index contributed by atoms with van der Waals surface area (Å²) in [5.74, 6) is 0. The zero-order chi connectivity index (χ0) is 19.9. The number of rotatable bonds is 4. The molecule has 2 nitrogen and oxygen atoms in total. The van der Waals surface area contributed by atoms with E-state index in [9.17, 15) is 10.5 Å². The van der Waals surface area contributed by atoms with E-state index in [1.165, 1.54) is 11.1 Å². The van der Waals surface area contributed by atoms with Gasteiger partial charge in [0.25, 0.3) is 0 Å². The molecule has 28 heavy (non-hydrogen) atoms. The van der Waals surface area contributed by atoms with E-state index in [-0.39, 0.29) is 0 Å². The second-order valence-electron chi connectivity index (χ2n) is 6.74. The molecule has 0 saturated carbocycles. The number of hydrogen-bond acceptors (Lipinski definition) is 2. The molecule has 0 spiro atoms. The smallest absolute Gasteiger partial charge is 0.0998 e. The van der Waals surface area contributed by atoms with Crippen molar-refractivity contribution in [2.24, 2.45) is 0 Å². The van der Waals surface area contributed by atoms with Gasteiger partial charge in [0.15, 0.2) is 0 Å². The van der Waals surface area contributed by atoms with Gasteiger partial charge < -0.3 is 0 Å². The maximum atomic E-state index is 9.50. The summed E-state index contributed by atoms with van der Waals surface area (Å²) >= 11 is 0. The van der Waals surface area contributed by atoms with Crippen LogP contribution in [0.25, 0.3) is 23.3 Å². The highest BCUT2D eigenvalue weighted by molar-refractivity contribution is 5.91. The van der Waals surface area contributed by atoms with Gasteiger partial charge >= 0.3 is 0 Å². The lowest BCUT2D eigenvalue weighted by molar-refractivity contribution is 1.45. The highest BCUT2D eigenvalue weighted by atomic mass is 14.3. The first-order valence-corrected chi connectivity index (χ1v) is 9.07. The SMILES string of the molecule is Cc1ccc(/C(C#N)=C/c2ccc(/C=C(\C#N)c3ccc(C)cc3)cc2)cc1. The van der Waals surface area contributed by atoms with Gasteiger partial charge in [-0.15, -0.1) is 0 Å². The molecule has 0 unspecified atom stereocenters. The van der Waals surface area contributed by atoms with Crippen LogP contribution < -0.4 is 0 Å². The Bertz CT molecular complexity index is 1010. The molecule has 0 amide bonds. The molecule has 0 aliphatic rings. The standard InChI is InChI=1S/C26H20N2/c1-19-3-11-23(12-4-19)25(17-27)15-21-7-9-22(10-8-21)16-26(18-28)24-13-5-20(2)6-14-24/h3-16H,1-2H3/b25-15+,26-16+. The van der Waals surface area contributed by atoms with Crippen molar-refractivity contribution in [3.63, 3.8) is 0 Å². The molecule has 0 bridgehead atoms. The van der Waals surface area contributed by atoms with Crippen LogP contribution in [0.1, 0.15) is 33.4 Å². The lowest BCUT2D eigenvalue weighted by atomic mass is 10.0. The highest BCUT2D eigenvalue weighted by Crippen LogP contribution is 2.21. The van der Waals surface area contributed by atoms with E-state index in [1.54, 1.807) is 0 Å². The molecular weight excluding hydrogens is 340 g/mol. The summed E-state index contributed by atoms with van der Waals surface area (Å²) in [5, 5.41) is 19.0. The van der Waals surface area contributed by atoms with E-state index in [2.05, 4.69) is 12.1 Å². The minimum atomic E-state index is 0.626. The number of nitriles is 2. The Labute approximate surface area is 166 Å². The van der Waals surface area contributed by atoms with Gasteiger partial charge in [-0.25, -0.2) is 0 Å². The zero-order valence-electron chi connectivity index (χ0n) is 16.0. The fraction of sp³-hybridized carbons (Fsp3) is 0.0769. The van der Waals surface area contributed by atoms with E-state index in [4.69, 9.17) is 0 Å². The quantitative estimate of drug-likeness (QED) is 0.397. The summed E-state index contributed by atoms with van der Waals surface area (Å²) in [6, 6.07) is 28.2. The lowest BCUT2D eigenvalue weighted by Gasteiger charge is -2.03. The Morgan fingerprint density at radius 3 is 1.18 bits per heavy atom. The molecule has 0 N–H and O–H groups in total. The van der Waals surface area contributed by atoms with Crippen LogP contribution in [0.5, 0.6) is 0 Å². The number of nitrogens with zero attached hydrogens (tertiary/aromatic N) is 2. The molecule has 0 saturated heterocycles. The number of aryl methyl sites for hydroxylation is 2. The fourth-order valence-electron chi connectivity index (χ4n) is 2.85. The van der Waals surface area contributed by atoms with Crippen molar-refractivity contribution in [1.82, 2.24) is 0 Å². The molecule has 3 rings (SSSR count). The molecule has 0 aromatic heterocycles. The summed E-state index contributed by atoms with van der Waals surface area (Å²) in [7, 11) is 0. The topological polar surface area (TPSA) is 47.6 Å². The van der Waals surface area contributed by atoms with Gasteiger partial charge in [0, 0.05) is 0 Å². The molecular formula is C26H20N2. The monoisotopic (exact) mass is 360 g/mol. The predicted molar refractivity (Wildman–Crippen MR) is 116 cm³/mol. The van der Waals surface area contributed by atoms with Crippen LogP contribution >= 0.6 is 0 Å². The normalized spacial score (nSPS) is 11.6. The molecule has 3 aromatic rings. The second-order valence-corrected chi connectivity index (χ2v) is 6.74. The Kier molecular flexibility index (Phi) is 5.85. The van der Waals surface area contributed by atoms with E-state index >= 15 is 0 Å². The number of benzene rings is 3. The third-order valence-corrected chi connectivity index (χ3v) is 4.52. The molecule has 2 heteroatoms. The zero-order valence-corrected chi connectivity index (χ0v) is 16.0. The fourth-order valence-corrected chi connectivity index (χ4v) is 2.85. The first-order chi connectivity index (χ1) is 13.6. The average molecular weight is 360 g/mol. The van der Waals surface area contributed by atoms with Crippen molar-refractivity contribution in [2.45, 2.75) is 13.8 Å². The van der Waals surface area contributed by atoms with Gasteiger partial charge in [-0.2, -0.15) is 10.5 Å². The van der Waals surface area contributed by atoms with Crippen LogP contribution in [0.15, 0.2) is 72.8 Å². The largest absolute Gasteiger partial charge is 0.192 e. The number of hydrogen-bond donors (Lipinski definition) is 0. The molecule has 0 atom stereocenters. The summed E-state index contributed by atoms with van der Waals surface area (Å²) in [5.41, 5.74) is 7.29. The maximum Gasteiger partial charge on any atom is 0.0998 e. The van der Waals surface area contributed by atoms with Crippen LogP contribution in [-0.2, 0) is 0 Å². The summed E-state index contributed by atoms with van der Waals surface area (Å²) in [4.78, 5) is 0. The molecule has 0 fully saturated rings. The van der Waals surface area contributed by atoms with Crippen LogP contribution in [0.3, 0.4) is 0 Å². The van der Waals surface area contributed by atoms with Gasteiger partial charge in [0.1, 0.15) is 0 Å². The van der Waals surface area contributed by atoms with Gasteiger partial charge in [0.05, 0.1) is 23.3 Å². The minimum absolute atomic E-state index is 0.626. The minimum Gasteiger partial charge on any atom is -0.192 e. The van der Waals surface area contributed by atoms with E-state index in [1.807, 2.05) is 98.8 Å². The van der Waals surface area contributed by atoms with Crippen molar-refractivity contribution in [1.29, 1.82) is 10.5 Å². The Balaban J connectivity index is 1.86. The van der Waals surface area contributed by atoms with Gasteiger partial charge in [-0.05, 0) is 48.3 Å². The van der Waals surface area contributed by atoms with Gasteiger partial charge in [0.2, 0.25) is 0 Å². The van der Waals surface area contributed by atoms with Crippen molar-refractivity contribution in [2.75, 3.05) is 0 Å². The van der Waals surface area contributed by atoms with E-state index < -0.39 is 0 Å². The second kappa shape index (κ2) is 8.67. The maximum absolute atomic E-state index is 9.50. The first-order valence-electron chi connectivity index (χ1n) is 9.07. The third kappa shape index (κ3) is 4.64. The molecule has 0 aliphatic heterocycles. The molecule has 0 radical (unpaired) electrons. The first kappa shape index (κ1) is 18.9. The Morgan fingerprint density at radius 2 is 0.893 bits per heavy atom. The number of allylic oxidation sites excluding steroid dienone is 2. The molecule has 0 heterocycles. The van der Waals surface area contributed by atoms with Crippen molar-refractivity contribution in [3.05, 3.63) is 106 Å². The molecule has 0 aliphatic carbocycles. The summed E-state index contributed by atoms with van der Waals surface area (Å²) in [6.45, 7) is 4.05. The van der Waals surface area contributed by atoms with Gasteiger partial charge in [-0.3, -0.25) is 0 Å². The predicted octanol–water partition coefficient (Wildman–Crippen LogP) is 6.43. The summed E-state index contributed by atoms with van der Waals surface area (Å²) < 4.78 is 0. The van der Waals surface area contributed by atoms with E-state index in [0.29, 0.717) is 11.1 Å².